The van der Waals surface area contributed by atoms with Crippen molar-refractivity contribution in [3.05, 3.63) is 12.2 Å². The normalized spacial score (nSPS) is 16.6. The van der Waals surface area contributed by atoms with E-state index < -0.39 is 12.1 Å². The Balaban J connectivity index is 2.31. The summed E-state index contributed by atoms with van der Waals surface area (Å²) < 4.78 is 10.6. The van der Waals surface area contributed by atoms with E-state index in [1.165, 1.54) is 0 Å². The van der Waals surface area contributed by atoms with Crippen molar-refractivity contribution < 1.29 is 19.1 Å². The van der Waals surface area contributed by atoms with E-state index in [-0.39, 0.29) is 18.8 Å². The molecule has 0 aromatic rings. The molecule has 1 aliphatic carbocycles. The third kappa shape index (κ3) is 6.19. The number of rotatable bonds is 7. The van der Waals surface area contributed by atoms with Crippen LogP contribution in [-0.2, 0) is 14.3 Å². The number of esters is 1. The van der Waals surface area contributed by atoms with Crippen molar-refractivity contribution in [3.63, 3.8) is 0 Å². The van der Waals surface area contributed by atoms with E-state index in [9.17, 15) is 9.59 Å². The van der Waals surface area contributed by atoms with E-state index >= 15 is 0 Å². The quantitative estimate of drug-likeness (QED) is 0.445. The van der Waals surface area contributed by atoms with Crippen LogP contribution in [-0.4, -0.2) is 30.8 Å². The van der Waals surface area contributed by atoms with Crippen LogP contribution in [0.15, 0.2) is 12.2 Å². The summed E-state index contributed by atoms with van der Waals surface area (Å²) in [4.78, 5) is 23.0. The van der Waals surface area contributed by atoms with Gasteiger partial charge >= 0.3 is 12.1 Å². The standard InChI is InChI=1S/C16H27NO4/c1-12(2)11-16(7-5-6-8-16)21-15(19)17-9-10-20-14(18)13(3)4/h12H,3,5-11H2,1-2,4H3,(H,17,19). The van der Waals surface area contributed by atoms with Gasteiger partial charge in [-0.1, -0.05) is 20.4 Å². The second kappa shape index (κ2) is 8.05. The molecule has 0 heterocycles. The van der Waals surface area contributed by atoms with E-state index in [0.717, 1.165) is 32.1 Å². The molecular formula is C16H27NO4. The van der Waals surface area contributed by atoms with Crippen LogP contribution in [0.3, 0.4) is 0 Å². The van der Waals surface area contributed by atoms with Gasteiger partial charge in [-0.25, -0.2) is 9.59 Å². The highest BCUT2D eigenvalue weighted by Gasteiger charge is 2.38. The Morgan fingerprint density at radius 3 is 2.43 bits per heavy atom. The molecule has 1 saturated carbocycles. The fourth-order valence-electron chi connectivity index (χ4n) is 2.76. The molecule has 0 bridgehead atoms. The van der Waals surface area contributed by atoms with E-state index in [2.05, 4.69) is 25.7 Å². The zero-order valence-corrected chi connectivity index (χ0v) is 13.4. The molecule has 0 unspecified atom stereocenters. The molecular weight excluding hydrogens is 270 g/mol. The zero-order chi connectivity index (χ0) is 15.9. The number of carbonyl (C=O) groups is 2. The van der Waals surface area contributed by atoms with Gasteiger partial charge in [0.1, 0.15) is 12.2 Å². The lowest BCUT2D eigenvalue weighted by molar-refractivity contribution is -0.138. The second-order valence-corrected chi connectivity index (χ2v) is 6.22. The van der Waals surface area contributed by atoms with Gasteiger partial charge in [-0.3, -0.25) is 0 Å². The predicted molar refractivity (Wildman–Crippen MR) is 80.9 cm³/mol. The molecule has 21 heavy (non-hydrogen) atoms. The Morgan fingerprint density at radius 2 is 1.90 bits per heavy atom. The Bertz CT molecular complexity index is 384. The number of nitrogens with one attached hydrogen (secondary N) is 1. The summed E-state index contributed by atoms with van der Waals surface area (Å²) >= 11 is 0. The summed E-state index contributed by atoms with van der Waals surface area (Å²) in [6, 6.07) is 0. The lowest BCUT2D eigenvalue weighted by Gasteiger charge is -2.30. The van der Waals surface area contributed by atoms with Crippen LogP contribution in [0.1, 0.15) is 52.9 Å². The first-order valence-electron chi connectivity index (χ1n) is 7.64. The number of amides is 1. The van der Waals surface area contributed by atoms with Crippen LogP contribution in [0, 0.1) is 5.92 Å². The molecule has 1 fully saturated rings. The lowest BCUT2D eigenvalue weighted by atomic mass is 9.91. The Hall–Kier alpha value is -1.52. The topological polar surface area (TPSA) is 64.6 Å². The van der Waals surface area contributed by atoms with E-state index in [1.54, 1.807) is 6.92 Å². The van der Waals surface area contributed by atoms with Gasteiger partial charge in [0.15, 0.2) is 0 Å². The van der Waals surface area contributed by atoms with Gasteiger partial charge in [-0.15, -0.1) is 0 Å². The molecule has 0 aliphatic heterocycles. The van der Waals surface area contributed by atoms with Crippen LogP contribution in [0.2, 0.25) is 0 Å². The Labute approximate surface area is 127 Å². The number of ether oxygens (including phenoxy) is 2. The first kappa shape index (κ1) is 17.5. The van der Waals surface area contributed by atoms with Crippen molar-refractivity contribution in [1.29, 1.82) is 0 Å². The first-order chi connectivity index (χ1) is 9.84. The molecule has 1 rings (SSSR count). The molecule has 0 aromatic carbocycles. The van der Waals surface area contributed by atoms with Crippen molar-refractivity contribution in [2.24, 2.45) is 5.92 Å². The van der Waals surface area contributed by atoms with Crippen LogP contribution in [0.5, 0.6) is 0 Å². The van der Waals surface area contributed by atoms with E-state index in [0.29, 0.717) is 11.5 Å². The van der Waals surface area contributed by atoms with Crippen molar-refractivity contribution >= 4 is 12.1 Å². The van der Waals surface area contributed by atoms with Crippen LogP contribution >= 0.6 is 0 Å². The molecule has 0 radical (unpaired) electrons. The van der Waals surface area contributed by atoms with Gasteiger partial charge in [-0.05, 0) is 44.9 Å². The molecule has 120 valence electrons. The molecule has 1 amide bonds. The first-order valence-corrected chi connectivity index (χ1v) is 7.64. The van der Waals surface area contributed by atoms with Crippen LogP contribution in [0.25, 0.3) is 0 Å². The summed E-state index contributed by atoms with van der Waals surface area (Å²) in [5, 5.41) is 2.63. The minimum absolute atomic E-state index is 0.123. The molecule has 0 spiro atoms. The number of carbonyl (C=O) groups excluding carboxylic acids is 2. The molecule has 0 atom stereocenters. The molecule has 5 nitrogen and oxygen atoms in total. The van der Waals surface area contributed by atoms with Gasteiger partial charge in [0, 0.05) is 5.57 Å². The Kier molecular flexibility index (Phi) is 6.72. The van der Waals surface area contributed by atoms with Crippen LogP contribution < -0.4 is 5.32 Å². The molecule has 5 heteroatoms. The predicted octanol–water partition coefficient (Wildman–Crippen LogP) is 3.19. The summed E-state index contributed by atoms with van der Waals surface area (Å²) in [5.41, 5.74) is 0.0338. The maximum atomic E-state index is 11.9. The fourth-order valence-corrected chi connectivity index (χ4v) is 2.76. The monoisotopic (exact) mass is 297 g/mol. The minimum Gasteiger partial charge on any atom is -0.460 e. The fraction of sp³-hybridized carbons (Fsp3) is 0.750. The summed E-state index contributed by atoms with van der Waals surface area (Å²) in [5.74, 6) is 0.0460. The number of hydrogen-bond donors (Lipinski definition) is 1. The van der Waals surface area contributed by atoms with E-state index in [1.807, 2.05) is 0 Å². The molecule has 1 N–H and O–H groups in total. The third-order valence-corrected chi connectivity index (χ3v) is 3.56. The zero-order valence-electron chi connectivity index (χ0n) is 13.4. The molecule has 1 aliphatic rings. The smallest absolute Gasteiger partial charge is 0.407 e. The van der Waals surface area contributed by atoms with Crippen molar-refractivity contribution in [2.75, 3.05) is 13.2 Å². The highest BCUT2D eigenvalue weighted by atomic mass is 16.6. The maximum Gasteiger partial charge on any atom is 0.407 e. The van der Waals surface area contributed by atoms with Crippen molar-refractivity contribution in [3.8, 4) is 0 Å². The molecule has 0 aromatic heterocycles. The maximum absolute atomic E-state index is 11.9. The van der Waals surface area contributed by atoms with Gasteiger partial charge in [0.05, 0.1) is 6.54 Å². The summed E-state index contributed by atoms with van der Waals surface area (Å²) in [6.45, 7) is 9.71. The highest BCUT2D eigenvalue weighted by molar-refractivity contribution is 5.86. The van der Waals surface area contributed by atoms with Gasteiger partial charge in [0.25, 0.3) is 0 Å². The lowest BCUT2D eigenvalue weighted by Crippen LogP contribution is -2.39. The average molecular weight is 297 g/mol. The van der Waals surface area contributed by atoms with Gasteiger partial charge in [-0.2, -0.15) is 0 Å². The van der Waals surface area contributed by atoms with E-state index in [4.69, 9.17) is 9.47 Å². The van der Waals surface area contributed by atoms with Crippen molar-refractivity contribution in [1.82, 2.24) is 5.32 Å². The summed E-state index contributed by atoms with van der Waals surface area (Å²) in [7, 11) is 0. The SMILES string of the molecule is C=C(C)C(=O)OCCNC(=O)OC1(CC(C)C)CCCC1. The minimum atomic E-state index is -0.447. The average Bonchev–Trinajstić information content (AvgIpc) is 2.81. The van der Waals surface area contributed by atoms with Gasteiger partial charge < -0.3 is 14.8 Å². The number of alkyl carbamates (subject to hydrolysis) is 1. The second-order valence-electron chi connectivity index (χ2n) is 6.22. The van der Waals surface area contributed by atoms with Crippen LogP contribution in [0.4, 0.5) is 4.79 Å². The Morgan fingerprint density at radius 1 is 1.29 bits per heavy atom. The van der Waals surface area contributed by atoms with Crippen molar-refractivity contribution in [2.45, 2.75) is 58.5 Å². The largest absolute Gasteiger partial charge is 0.460 e. The third-order valence-electron chi connectivity index (χ3n) is 3.56. The summed E-state index contributed by atoms with van der Waals surface area (Å²) in [6.07, 6.45) is 4.55. The highest BCUT2D eigenvalue weighted by Crippen LogP contribution is 2.38. The molecule has 0 saturated heterocycles. The number of hydrogen-bond acceptors (Lipinski definition) is 4. The van der Waals surface area contributed by atoms with Gasteiger partial charge in [0.2, 0.25) is 0 Å².